The number of carbonyl (C=O) groups is 1. The van der Waals surface area contributed by atoms with Crippen molar-refractivity contribution in [1.82, 2.24) is 14.3 Å². The number of fused-ring (bicyclic) bond motifs is 2. The molecule has 2 aromatic carbocycles. The van der Waals surface area contributed by atoms with Crippen molar-refractivity contribution >= 4 is 33.8 Å². The summed E-state index contributed by atoms with van der Waals surface area (Å²) in [6, 6.07) is 16.3. The fraction of sp³-hybridized carbons (Fsp3) is 0.160. The number of carbonyl (C=O) groups excluding carboxylic acids is 1. The van der Waals surface area contributed by atoms with Gasteiger partial charge in [0.2, 0.25) is 11.8 Å². The fourth-order valence-corrected chi connectivity index (χ4v) is 4.05. The highest BCUT2D eigenvalue weighted by molar-refractivity contribution is 5.93. The molecule has 10 heteroatoms. The standard InChI is InChI=1S/C25H22N4O6/c1-3-27(4-2)16-10-9-15-13-17(24(32)34-20(15)14-16)23-26-18-7-5-6-8-19(18)28(23)25(33)35-29-21(30)11-12-22(29)31/h5-14,30-31H,3-4H2,1-2H3. The Morgan fingerprint density at radius 2 is 1.74 bits per heavy atom. The largest absolute Gasteiger partial charge is 0.492 e. The predicted octanol–water partition coefficient (Wildman–Crippen LogP) is 3.97. The lowest BCUT2D eigenvalue weighted by Gasteiger charge is -2.21. The fourth-order valence-electron chi connectivity index (χ4n) is 4.05. The number of aromatic nitrogens is 3. The van der Waals surface area contributed by atoms with Crippen LogP contribution in [0, 0.1) is 0 Å². The second-order valence-corrected chi connectivity index (χ2v) is 7.80. The Balaban J connectivity index is 1.66. The van der Waals surface area contributed by atoms with Gasteiger partial charge in [-0.2, -0.15) is 0 Å². The molecule has 0 bridgehead atoms. The Kier molecular flexibility index (Phi) is 5.40. The third-order valence-corrected chi connectivity index (χ3v) is 5.80. The summed E-state index contributed by atoms with van der Waals surface area (Å²) in [6.45, 7) is 5.71. The molecule has 0 radical (unpaired) electrons. The molecule has 0 aliphatic carbocycles. The molecule has 2 N–H and O–H groups in total. The van der Waals surface area contributed by atoms with Crippen molar-refractivity contribution in [3.05, 3.63) is 71.1 Å². The Hall–Kier alpha value is -4.73. The van der Waals surface area contributed by atoms with E-state index < -0.39 is 23.5 Å². The Morgan fingerprint density at radius 3 is 2.46 bits per heavy atom. The van der Waals surface area contributed by atoms with Crippen LogP contribution in [-0.4, -0.2) is 43.7 Å². The van der Waals surface area contributed by atoms with Gasteiger partial charge in [-0.25, -0.2) is 19.1 Å². The highest BCUT2D eigenvalue weighted by Crippen LogP contribution is 2.28. The van der Waals surface area contributed by atoms with E-state index in [0.717, 1.165) is 23.3 Å². The third kappa shape index (κ3) is 3.74. The van der Waals surface area contributed by atoms with Gasteiger partial charge in [0.05, 0.1) is 11.0 Å². The van der Waals surface area contributed by atoms with Crippen LogP contribution in [0.5, 0.6) is 11.8 Å². The molecule has 178 valence electrons. The smallest absolute Gasteiger partial charge is 0.445 e. The summed E-state index contributed by atoms with van der Waals surface area (Å²) in [7, 11) is 0. The van der Waals surface area contributed by atoms with E-state index in [0.29, 0.717) is 26.7 Å². The summed E-state index contributed by atoms with van der Waals surface area (Å²) in [5.74, 6) is -0.946. The summed E-state index contributed by atoms with van der Waals surface area (Å²) in [5, 5.41) is 20.4. The van der Waals surface area contributed by atoms with Crippen LogP contribution in [0.1, 0.15) is 13.8 Å². The van der Waals surface area contributed by atoms with Gasteiger partial charge in [-0.1, -0.05) is 12.1 Å². The summed E-state index contributed by atoms with van der Waals surface area (Å²) in [4.78, 5) is 38.0. The Bertz CT molecular complexity index is 1610. The first-order chi connectivity index (χ1) is 16.9. The molecule has 5 rings (SSSR count). The Morgan fingerprint density at radius 1 is 1.03 bits per heavy atom. The van der Waals surface area contributed by atoms with E-state index in [1.165, 1.54) is 12.1 Å². The first-order valence-corrected chi connectivity index (χ1v) is 11.0. The van der Waals surface area contributed by atoms with E-state index in [1.807, 2.05) is 32.0 Å². The average molecular weight is 474 g/mol. The number of rotatable bonds is 5. The SMILES string of the molecule is CCN(CC)c1ccc2cc(-c3nc4ccccc4n3C(=O)On3c(O)ccc3O)c(=O)oc2c1. The summed E-state index contributed by atoms with van der Waals surface area (Å²) < 4.78 is 7.29. The molecule has 0 saturated carbocycles. The lowest BCUT2D eigenvalue weighted by atomic mass is 10.1. The molecule has 0 saturated heterocycles. The summed E-state index contributed by atoms with van der Waals surface area (Å²) >= 11 is 0. The van der Waals surface area contributed by atoms with Crippen molar-refractivity contribution in [2.24, 2.45) is 0 Å². The van der Waals surface area contributed by atoms with Crippen LogP contribution >= 0.6 is 0 Å². The molecule has 0 amide bonds. The summed E-state index contributed by atoms with van der Waals surface area (Å²) in [6.07, 6.45) is -0.994. The molecule has 0 aliphatic rings. The molecule has 3 aromatic heterocycles. The lowest BCUT2D eigenvalue weighted by molar-refractivity contribution is 0.110. The van der Waals surface area contributed by atoms with Crippen molar-refractivity contribution in [2.45, 2.75) is 13.8 Å². The van der Waals surface area contributed by atoms with Crippen LogP contribution < -0.4 is 15.4 Å². The molecule has 0 atom stereocenters. The highest BCUT2D eigenvalue weighted by Gasteiger charge is 2.24. The zero-order valence-electron chi connectivity index (χ0n) is 19.0. The topological polar surface area (TPSA) is 123 Å². The second kappa shape index (κ2) is 8.56. The minimum absolute atomic E-state index is 0.00538. The maximum absolute atomic E-state index is 13.2. The number of para-hydroxylation sites is 2. The lowest BCUT2D eigenvalue weighted by Crippen LogP contribution is -2.25. The van der Waals surface area contributed by atoms with E-state index in [4.69, 9.17) is 9.25 Å². The zero-order valence-corrected chi connectivity index (χ0v) is 19.0. The maximum atomic E-state index is 13.2. The first kappa shape index (κ1) is 22.1. The van der Waals surface area contributed by atoms with Crippen LogP contribution in [0.3, 0.4) is 0 Å². The normalized spacial score (nSPS) is 11.3. The second-order valence-electron chi connectivity index (χ2n) is 7.80. The molecule has 0 spiro atoms. The van der Waals surface area contributed by atoms with Crippen LogP contribution in [0.2, 0.25) is 0 Å². The van der Waals surface area contributed by atoms with E-state index >= 15 is 0 Å². The highest BCUT2D eigenvalue weighted by atomic mass is 16.7. The average Bonchev–Trinajstić information content (AvgIpc) is 3.39. The van der Waals surface area contributed by atoms with Gasteiger partial charge in [-0.15, -0.1) is 4.73 Å². The predicted molar refractivity (Wildman–Crippen MR) is 130 cm³/mol. The van der Waals surface area contributed by atoms with Crippen LogP contribution in [0.4, 0.5) is 10.5 Å². The molecular formula is C25H22N4O6. The van der Waals surface area contributed by atoms with Crippen molar-refractivity contribution in [3.63, 3.8) is 0 Å². The third-order valence-electron chi connectivity index (χ3n) is 5.80. The van der Waals surface area contributed by atoms with Gasteiger partial charge < -0.3 is 24.4 Å². The molecule has 0 aliphatic heterocycles. The van der Waals surface area contributed by atoms with Gasteiger partial charge in [0.15, 0.2) is 5.82 Å². The maximum Gasteiger partial charge on any atom is 0.445 e. The number of hydrogen-bond donors (Lipinski definition) is 2. The molecule has 10 nitrogen and oxygen atoms in total. The van der Waals surface area contributed by atoms with Gasteiger partial charge in [0.25, 0.3) is 0 Å². The van der Waals surface area contributed by atoms with Gasteiger partial charge in [-0.05, 0) is 44.2 Å². The van der Waals surface area contributed by atoms with Crippen LogP contribution in [0.25, 0.3) is 33.4 Å². The van der Waals surface area contributed by atoms with Crippen molar-refractivity contribution in [1.29, 1.82) is 0 Å². The molecule has 5 aromatic rings. The molecule has 3 heterocycles. The molecule has 0 unspecified atom stereocenters. The van der Waals surface area contributed by atoms with E-state index in [2.05, 4.69) is 9.88 Å². The van der Waals surface area contributed by atoms with E-state index in [-0.39, 0.29) is 11.4 Å². The Labute approximate surface area is 198 Å². The van der Waals surface area contributed by atoms with Crippen molar-refractivity contribution < 1.29 is 24.3 Å². The van der Waals surface area contributed by atoms with Gasteiger partial charge in [0.1, 0.15) is 11.1 Å². The van der Waals surface area contributed by atoms with E-state index in [9.17, 15) is 19.8 Å². The molecule has 0 fully saturated rings. The van der Waals surface area contributed by atoms with Crippen molar-refractivity contribution in [3.8, 4) is 23.1 Å². The molecule has 35 heavy (non-hydrogen) atoms. The number of nitrogens with zero attached hydrogens (tertiary/aromatic N) is 4. The minimum atomic E-state index is -0.994. The molecular weight excluding hydrogens is 452 g/mol. The minimum Gasteiger partial charge on any atom is -0.492 e. The monoisotopic (exact) mass is 474 g/mol. The van der Waals surface area contributed by atoms with Crippen LogP contribution in [-0.2, 0) is 0 Å². The van der Waals surface area contributed by atoms with E-state index in [1.54, 1.807) is 30.3 Å². The van der Waals surface area contributed by atoms with Crippen molar-refractivity contribution in [2.75, 3.05) is 18.0 Å². The number of aromatic hydroxyl groups is 2. The van der Waals surface area contributed by atoms with Gasteiger partial charge in [0, 0.05) is 42.4 Å². The number of imidazole rings is 1. The zero-order chi connectivity index (χ0) is 24.7. The quantitative estimate of drug-likeness (QED) is 0.367. The summed E-state index contributed by atoms with van der Waals surface area (Å²) in [5.41, 5.74) is 1.54. The number of benzene rings is 2. The van der Waals surface area contributed by atoms with Crippen LogP contribution in [0.15, 0.2) is 69.9 Å². The van der Waals surface area contributed by atoms with Gasteiger partial charge >= 0.3 is 11.7 Å². The number of hydrogen-bond acceptors (Lipinski definition) is 8. The first-order valence-electron chi connectivity index (χ1n) is 11.0. The number of anilines is 1. The van der Waals surface area contributed by atoms with Gasteiger partial charge in [-0.3, -0.25) is 0 Å².